The number of nitrogens with zero attached hydrogens (tertiary/aromatic N) is 9. The number of pyridine rings is 1. The van der Waals surface area contributed by atoms with Crippen molar-refractivity contribution in [2.75, 3.05) is 34.3 Å². The van der Waals surface area contributed by atoms with E-state index < -0.39 is 46.9 Å². The molecule has 3 aromatic carbocycles. The fourth-order valence-corrected chi connectivity index (χ4v) is 11.2. The highest BCUT2D eigenvalue weighted by Gasteiger charge is 2.51. The quantitative estimate of drug-likeness (QED) is 0.105. The second-order valence-corrected chi connectivity index (χ2v) is 20.7. The average Bonchev–Trinajstić information content (AvgIpc) is 4.22. The zero-order chi connectivity index (χ0) is 52.1. The summed E-state index contributed by atoms with van der Waals surface area (Å²) >= 11 is 7.28. The molecule has 3 aromatic heterocycles. The number of thiocarbonyl (C=S) groups is 1. The summed E-state index contributed by atoms with van der Waals surface area (Å²) in [6.45, 7) is 12.2. The maximum atomic E-state index is 14.5. The van der Waals surface area contributed by atoms with Crippen LogP contribution >= 0.6 is 23.6 Å². The molecule has 0 spiro atoms. The summed E-state index contributed by atoms with van der Waals surface area (Å²) in [6.07, 6.45) is 0.118. The van der Waals surface area contributed by atoms with Crippen molar-refractivity contribution in [3.05, 3.63) is 125 Å². The molecular weight excluding hydrogens is 978 g/mol. The van der Waals surface area contributed by atoms with Crippen LogP contribution in [-0.4, -0.2) is 95.8 Å². The molecule has 6 aromatic rings. The molecular formula is C53H53F3N10O5S2. The Hall–Kier alpha value is -7.21. The summed E-state index contributed by atoms with van der Waals surface area (Å²) in [7, 11) is 0. The molecule has 0 radical (unpaired) electrons. The van der Waals surface area contributed by atoms with Crippen LogP contribution in [0.4, 0.5) is 30.4 Å². The van der Waals surface area contributed by atoms with E-state index in [0.717, 1.165) is 44.3 Å². The lowest BCUT2D eigenvalue weighted by molar-refractivity contribution is -0.142. The Morgan fingerprint density at radius 1 is 0.973 bits per heavy atom. The number of thiazole rings is 1. The van der Waals surface area contributed by atoms with Crippen molar-refractivity contribution in [3.63, 3.8) is 0 Å². The van der Waals surface area contributed by atoms with Crippen molar-refractivity contribution < 1.29 is 37.4 Å². The first kappa shape index (κ1) is 50.7. The number of halogens is 3. The Balaban J connectivity index is 0.829. The largest absolute Gasteiger partial charge is 0.489 e. The van der Waals surface area contributed by atoms with Gasteiger partial charge >= 0.3 is 6.18 Å². The topological polar surface area (TPSA) is 173 Å². The maximum absolute atomic E-state index is 14.5. The fourth-order valence-electron chi connectivity index (χ4n) is 9.87. The first-order valence-electron chi connectivity index (χ1n) is 23.8. The molecule has 6 heterocycles. The third kappa shape index (κ3) is 10.0. The van der Waals surface area contributed by atoms with Crippen molar-refractivity contribution in [1.82, 2.24) is 29.7 Å². The van der Waals surface area contributed by atoms with Gasteiger partial charge in [-0.1, -0.05) is 38.1 Å². The fraction of sp³-hybridized carbons (Fsp3) is 0.358. The van der Waals surface area contributed by atoms with Crippen LogP contribution in [0.3, 0.4) is 0 Å². The lowest BCUT2D eigenvalue weighted by atomic mass is 10.0. The summed E-state index contributed by atoms with van der Waals surface area (Å²) < 4.78 is 49.7. The van der Waals surface area contributed by atoms with Crippen LogP contribution in [0, 0.1) is 24.2 Å². The van der Waals surface area contributed by atoms with Crippen molar-refractivity contribution in [2.24, 2.45) is 5.92 Å². The van der Waals surface area contributed by atoms with E-state index in [1.54, 1.807) is 77.5 Å². The first-order chi connectivity index (χ1) is 34.7. The molecule has 3 aliphatic heterocycles. The molecule has 3 saturated heterocycles. The number of anilines is 3. The number of benzene rings is 3. The Kier molecular flexibility index (Phi) is 13.9. The molecule has 1 unspecified atom stereocenters. The molecule has 2 N–H and O–H groups in total. The lowest BCUT2D eigenvalue weighted by Crippen LogP contribution is -2.49. The molecule has 0 aliphatic carbocycles. The van der Waals surface area contributed by atoms with Crippen molar-refractivity contribution in [2.45, 2.75) is 96.4 Å². The number of likely N-dealkylation sites (tertiary alicyclic amines) is 1. The lowest BCUT2D eigenvalue weighted by Gasteiger charge is -2.31. The van der Waals surface area contributed by atoms with Gasteiger partial charge in [0.2, 0.25) is 11.8 Å². The highest BCUT2D eigenvalue weighted by molar-refractivity contribution is 7.81. The molecule has 15 nitrogen and oxygen atoms in total. The van der Waals surface area contributed by atoms with Gasteiger partial charge in [-0.3, -0.25) is 19.3 Å². The first-order valence-corrected chi connectivity index (χ1v) is 25.1. The summed E-state index contributed by atoms with van der Waals surface area (Å²) in [5.74, 6) is -0.0310. The summed E-state index contributed by atoms with van der Waals surface area (Å²) in [5, 5.41) is 23.1. The zero-order valence-corrected chi connectivity index (χ0v) is 42.5. The van der Waals surface area contributed by atoms with Gasteiger partial charge in [0.1, 0.15) is 35.3 Å². The minimum absolute atomic E-state index is 0.00704. The van der Waals surface area contributed by atoms with Crippen LogP contribution < -0.4 is 24.8 Å². The number of ether oxygens (including phenoxy) is 1. The zero-order valence-electron chi connectivity index (χ0n) is 40.9. The smallest absolute Gasteiger partial charge is 0.417 e. The Bertz CT molecular complexity index is 3120. The highest BCUT2D eigenvalue weighted by atomic mass is 32.1. The molecule has 20 heteroatoms. The Labute approximate surface area is 429 Å². The van der Waals surface area contributed by atoms with E-state index in [1.807, 2.05) is 75.8 Å². The summed E-state index contributed by atoms with van der Waals surface area (Å²) in [5.41, 5.74) is 3.65. The second-order valence-electron chi connectivity index (χ2n) is 19.4. The van der Waals surface area contributed by atoms with Crippen molar-refractivity contribution in [3.8, 4) is 33.5 Å². The van der Waals surface area contributed by atoms with E-state index in [9.17, 15) is 37.9 Å². The highest BCUT2D eigenvalue weighted by Crippen LogP contribution is 2.41. The van der Waals surface area contributed by atoms with Crippen LogP contribution in [0.1, 0.15) is 81.9 Å². The standard InChI is InChI=1S/C53H53F3N10O5S2/c1-30(2)46(49(69)64-25-39(67)23-44(64)48(68)61-31(3)33-7-9-34(10-8-33)47-32(4)60-29-73-47)63-27-43(59-28-63)35-17-19-58-45(21-35)62-20-18-41(26-62)71-40-15-13-37(14-16-40)66-51(72)65(50(70)52(66,5)6)38-12-11-36(24-57)42(22-38)53(54,55)56/h7-17,19,21-22,27-31,39,41,44,46,67H,18,20,23,25-26H2,1-6H3,(H,61,68)/t31-,39+,41-,44-,46?/m0/s1. The molecule has 9 rings (SSSR count). The third-order valence-corrected chi connectivity index (χ3v) is 15.1. The maximum Gasteiger partial charge on any atom is 0.417 e. The van der Waals surface area contributed by atoms with Gasteiger partial charge in [-0.05, 0) is 112 Å². The number of alkyl halides is 3. The second kappa shape index (κ2) is 20.0. The van der Waals surface area contributed by atoms with E-state index in [0.29, 0.717) is 42.5 Å². The number of carbonyl (C=O) groups excluding carboxylic acids is 3. The van der Waals surface area contributed by atoms with E-state index in [4.69, 9.17) is 21.9 Å². The number of amides is 3. The van der Waals surface area contributed by atoms with Crippen molar-refractivity contribution in [1.29, 1.82) is 5.26 Å². The SMILES string of the molecule is Cc1ncsc1-c1ccc([C@H](C)NC(=O)[C@@H]2C[C@@H](O)CN2C(=O)C(C(C)C)n2cnc(-c3ccnc(N4CC[C@H](Oc5ccc(N6C(=S)N(c7ccc(C#N)c(C(F)(F)F)c7)C(=O)C6(C)C)cc5)C4)c3)c2)cc1. The molecule has 3 fully saturated rings. The van der Waals surface area contributed by atoms with Crippen LogP contribution in [0.15, 0.2) is 103 Å². The molecule has 3 amide bonds. The number of nitrogens with one attached hydrogen (secondary N) is 1. The van der Waals surface area contributed by atoms with E-state index in [1.165, 1.54) is 11.0 Å². The number of carbonyl (C=O) groups is 3. The monoisotopic (exact) mass is 1030 g/mol. The molecule has 5 atom stereocenters. The molecule has 0 bridgehead atoms. The normalized spacial score (nSPS) is 19.7. The predicted octanol–water partition coefficient (Wildman–Crippen LogP) is 8.88. The van der Waals surface area contributed by atoms with Gasteiger partial charge in [0.15, 0.2) is 5.11 Å². The number of aliphatic hydroxyl groups excluding tert-OH is 1. The van der Waals surface area contributed by atoms with Gasteiger partial charge in [-0.2, -0.15) is 18.4 Å². The minimum Gasteiger partial charge on any atom is -0.489 e. The Morgan fingerprint density at radius 2 is 1.70 bits per heavy atom. The Morgan fingerprint density at radius 3 is 2.37 bits per heavy atom. The number of imidazole rings is 1. The number of hydrogen-bond acceptors (Lipinski definition) is 12. The molecule has 0 saturated carbocycles. The van der Waals surface area contributed by atoms with E-state index in [-0.39, 0.29) is 53.6 Å². The number of β-amino-alcohol motifs (C(OH)–C–C–N with tert-alkyl or cyclic N) is 1. The van der Waals surface area contributed by atoms with Gasteiger partial charge in [0.05, 0.1) is 69.7 Å². The molecule has 73 heavy (non-hydrogen) atoms. The summed E-state index contributed by atoms with van der Waals surface area (Å²) in [4.78, 5) is 63.1. The van der Waals surface area contributed by atoms with Crippen LogP contribution in [0.5, 0.6) is 5.75 Å². The number of rotatable bonds is 13. The van der Waals surface area contributed by atoms with Crippen molar-refractivity contribution >= 4 is 63.6 Å². The number of hydrogen-bond donors (Lipinski definition) is 2. The van der Waals surface area contributed by atoms with Gasteiger partial charge in [0.25, 0.3) is 5.91 Å². The van der Waals surface area contributed by atoms with Crippen LogP contribution in [0.25, 0.3) is 21.7 Å². The number of aliphatic hydroxyl groups is 1. The van der Waals surface area contributed by atoms with Crippen LogP contribution in [-0.2, 0) is 20.6 Å². The number of aryl methyl sites for hydroxylation is 1. The van der Waals surface area contributed by atoms with E-state index >= 15 is 0 Å². The van der Waals surface area contributed by atoms with Gasteiger partial charge in [-0.25, -0.2) is 15.0 Å². The average molecular weight is 1030 g/mol. The van der Waals surface area contributed by atoms with Crippen LogP contribution in [0.2, 0.25) is 0 Å². The third-order valence-electron chi connectivity index (χ3n) is 13.7. The van der Waals surface area contributed by atoms with Gasteiger partial charge in [0, 0.05) is 49.6 Å². The van der Waals surface area contributed by atoms with E-state index in [2.05, 4.69) is 20.2 Å². The van der Waals surface area contributed by atoms with Gasteiger partial charge < -0.3 is 34.4 Å². The predicted molar refractivity (Wildman–Crippen MR) is 275 cm³/mol. The number of aromatic nitrogens is 4. The molecule has 3 aliphatic rings. The molecule has 378 valence electrons. The van der Waals surface area contributed by atoms with Gasteiger partial charge in [-0.15, -0.1) is 11.3 Å². The minimum atomic E-state index is -4.81. The summed E-state index contributed by atoms with van der Waals surface area (Å²) in [6, 6.07) is 21.5. The number of nitriles is 1.